The summed E-state index contributed by atoms with van der Waals surface area (Å²) in [5.41, 5.74) is 0.706. The van der Waals surface area contributed by atoms with E-state index in [0.29, 0.717) is 17.7 Å². The molecule has 0 aliphatic carbocycles. The fraction of sp³-hybridized carbons (Fsp3) is 0.400. The van der Waals surface area contributed by atoms with Gasteiger partial charge in [-0.05, 0) is 12.5 Å². The largest absolute Gasteiger partial charge is 0.496 e. The number of esters is 1. The van der Waals surface area contributed by atoms with E-state index in [1.54, 1.807) is 18.2 Å². The number of hydrogen-bond acceptors (Lipinski definition) is 5. The lowest BCUT2D eigenvalue weighted by Crippen LogP contribution is -2.30. The summed E-state index contributed by atoms with van der Waals surface area (Å²) in [6, 6.07) is 7.16. The van der Waals surface area contributed by atoms with E-state index in [2.05, 4.69) is 5.32 Å². The summed E-state index contributed by atoms with van der Waals surface area (Å²) in [6.07, 6.45) is -0.650. The molecule has 1 saturated heterocycles. The molecule has 6 heteroatoms. The number of methoxy groups -OCH3 is 1. The van der Waals surface area contributed by atoms with Gasteiger partial charge in [0.15, 0.2) is 6.10 Å². The molecule has 1 aliphatic heterocycles. The van der Waals surface area contributed by atoms with Crippen LogP contribution in [0.3, 0.4) is 0 Å². The monoisotopic (exact) mass is 291 g/mol. The molecule has 2 rings (SSSR count). The molecule has 1 aromatic rings. The Labute approximate surface area is 122 Å². The van der Waals surface area contributed by atoms with Crippen molar-refractivity contribution in [2.24, 2.45) is 0 Å². The zero-order valence-electron chi connectivity index (χ0n) is 11.9. The second-order valence-electron chi connectivity index (χ2n) is 4.74. The fourth-order valence-corrected chi connectivity index (χ4v) is 2.32. The standard InChI is InChI=1S/C15H17NO5/c1-3-9(10-6-4-5-7-11(10)20-2)15(19)21-12-8-13(17)16-14(12)18/h4-7,9,12H,3,8H2,1-2H3,(H,16,17,18). The zero-order chi connectivity index (χ0) is 15.4. The van der Waals surface area contributed by atoms with Crippen molar-refractivity contribution in [2.45, 2.75) is 31.8 Å². The summed E-state index contributed by atoms with van der Waals surface area (Å²) in [5.74, 6) is -1.47. The van der Waals surface area contributed by atoms with E-state index >= 15 is 0 Å². The van der Waals surface area contributed by atoms with Gasteiger partial charge in [0.2, 0.25) is 5.91 Å². The molecule has 1 aromatic carbocycles. The third-order valence-electron chi connectivity index (χ3n) is 3.39. The number of nitrogens with one attached hydrogen (secondary N) is 1. The molecule has 6 nitrogen and oxygen atoms in total. The smallest absolute Gasteiger partial charge is 0.314 e. The van der Waals surface area contributed by atoms with Crippen molar-refractivity contribution in [3.05, 3.63) is 29.8 Å². The summed E-state index contributed by atoms with van der Waals surface area (Å²) in [5, 5.41) is 2.11. The quantitative estimate of drug-likeness (QED) is 0.650. The highest BCUT2D eigenvalue weighted by atomic mass is 16.5. The average molecular weight is 291 g/mol. The normalized spacial score (nSPS) is 19.0. The molecule has 0 radical (unpaired) electrons. The average Bonchev–Trinajstić information content (AvgIpc) is 2.78. The number of amides is 2. The molecule has 2 unspecified atom stereocenters. The van der Waals surface area contributed by atoms with E-state index in [-0.39, 0.29) is 6.42 Å². The van der Waals surface area contributed by atoms with E-state index in [4.69, 9.17) is 9.47 Å². The van der Waals surface area contributed by atoms with Gasteiger partial charge in [0.25, 0.3) is 5.91 Å². The van der Waals surface area contributed by atoms with Crippen molar-refractivity contribution in [1.29, 1.82) is 0 Å². The van der Waals surface area contributed by atoms with Gasteiger partial charge in [-0.25, -0.2) is 0 Å². The van der Waals surface area contributed by atoms with Crippen LogP contribution in [0.5, 0.6) is 5.75 Å². The second kappa shape index (κ2) is 6.39. The minimum Gasteiger partial charge on any atom is -0.496 e. The molecule has 0 aromatic heterocycles. The summed E-state index contributed by atoms with van der Waals surface area (Å²) in [4.78, 5) is 34.9. The number of para-hydroxylation sites is 1. The van der Waals surface area contributed by atoms with Crippen LogP contribution < -0.4 is 10.1 Å². The maximum Gasteiger partial charge on any atom is 0.314 e. The minimum absolute atomic E-state index is 0.118. The molecule has 2 amide bonds. The van der Waals surface area contributed by atoms with Gasteiger partial charge in [-0.15, -0.1) is 0 Å². The Balaban J connectivity index is 2.15. The van der Waals surface area contributed by atoms with Crippen LogP contribution in [0.25, 0.3) is 0 Å². The van der Waals surface area contributed by atoms with Crippen molar-refractivity contribution in [2.75, 3.05) is 7.11 Å². The fourth-order valence-electron chi connectivity index (χ4n) is 2.32. The van der Waals surface area contributed by atoms with Crippen molar-refractivity contribution >= 4 is 17.8 Å². The Morgan fingerprint density at radius 3 is 2.67 bits per heavy atom. The van der Waals surface area contributed by atoms with Gasteiger partial charge in [-0.2, -0.15) is 0 Å². The van der Waals surface area contributed by atoms with Gasteiger partial charge in [0.1, 0.15) is 5.75 Å². The van der Waals surface area contributed by atoms with Gasteiger partial charge in [-0.1, -0.05) is 25.1 Å². The molecule has 21 heavy (non-hydrogen) atoms. The van der Waals surface area contributed by atoms with E-state index in [1.807, 2.05) is 13.0 Å². The Hall–Kier alpha value is -2.37. The molecular formula is C15H17NO5. The minimum atomic E-state index is -1.03. The van der Waals surface area contributed by atoms with Gasteiger partial charge >= 0.3 is 5.97 Å². The lowest BCUT2D eigenvalue weighted by molar-refractivity contribution is -0.155. The summed E-state index contributed by atoms with van der Waals surface area (Å²) in [6.45, 7) is 1.85. The summed E-state index contributed by atoms with van der Waals surface area (Å²) >= 11 is 0. The first-order valence-electron chi connectivity index (χ1n) is 6.74. The third-order valence-corrected chi connectivity index (χ3v) is 3.39. The first-order valence-corrected chi connectivity index (χ1v) is 6.74. The zero-order valence-corrected chi connectivity index (χ0v) is 11.9. The number of rotatable bonds is 5. The van der Waals surface area contributed by atoms with E-state index in [9.17, 15) is 14.4 Å². The van der Waals surface area contributed by atoms with E-state index in [0.717, 1.165) is 0 Å². The van der Waals surface area contributed by atoms with Gasteiger partial charge in [0.05, 0.1) is 19.4 Å². The topological polar surface area (TPSA) is 81.7 Å². The van der Waals surface area contributed by atoms with Crippen molar-refractivity contribution in [3.63, 3.8) is 0 Å². The van der Waals surface area contributed by atoms with Crippen LogP contribution in [0, 0.1) is 0 Å². The maximum absolute atomic E-state index is 12.3. The lowest BCUT2D eigenvalue weighted by Gasteiger charge is -2.18. The highest BCUT2D eigenvalue weighted by Gasteiger charge is 2.36. The number of benzene rings is 1. The highest BCUT2D eigenvalue weighted by Crippen LogP contribution is 2.30. The van der Waals surface area contributed by atoms with Crippen LogP contribution in [0.1, 0.15) is 31.2 Å². The van der Waals surface area contributed by atoms with E-state index < -0.39 is 29.8 Å². The predicted molar refractivity (Wildman–Crippen MR) is 73.7 cm³/mol. The molecule has 1 aliphatic rings. The molecule has 0 bridgehead atoms. The second-order valence-corrected chi connectivity index (χ2v) is 4.74. The van der Waals surface area contributed by atoms with Crippen LogP contribution in [0.2, 0.25) is 0 Å². The summed E-state index contributed by atoms with van der Waals surface area (Å²) < 4.78 is 10.4. The predicted octanol–water partition coefficient (Wildman–Crippen LogP) is 1.15. The highest BCUT2D eigenvalue weighted by molar-refractivity contribution is 6.05. The third kappa shape index (κ3) is 3.21. The number of carbonyl (C=O) groups is 3. The van der Waals surface area contributed by atoms with Crippen molar-refractivity contribution < 1.29 is 23.9 Å². The van der Waals surface area contributed by atoms with Crippen LogP contribution in [0.4, 0.5) is 0 Å². The Morgan fingerprint density at radius 1 is 1.38 bits per heavy atom. The molecular weight excluding hydrogens is 274 g/mol. The SMILES string of the molecule is CCC(C(=O)OC1CC(=O)NC1=O)c1ccccc1OC. The summed E-state index contributed by atoms with van der Waals surface area (Å²) in [7, 11) is 1.53. The Morgan fingerprint density at radius 2 is 2.10 bits per heavy atom. The van der Waals surface area contributed by atoms with Crippen LogP contribution in [-0.2, 0) is 19.1 Å². The molecule has 0 spiro atoms. The van der Waals surface area contributed by atoms with E-state index in [1.165, 1.54) is 7.11 Å². The van der Waals surface area contributed by atoms with Gasteiger partial charge in [0, 0.05) is 5.56 Å². The Kier molecular flexibility index (Phi) is 4.57. The molecule has 1 fully saturated rings. The lowest BCUT2D eigenvalue weighted by atomic mass is 9.95. The van der Waals surface area contributed by atoms with Crippen molar-refractivity contribution in [1.82, 2.24) is 5.32 Å². The van der Waals surface area contributed by atoms with Gasteiger partial charge in [-0.3, -0.25) is 19.7 Å². The number of carbonyl (C=O) groups excluding carboxylic acids is 3. The Bertz CT molecular complexity index is 569. The van der Waals surface area contributed by atoms with Crippen LogP contribution in [0.15, 0.2) is 24.3 Å². The first-order chi connectivity index (χ1) is 10.1. The van der Waals surface area contributed by atoms with Crippen LogP contribution >= 0.6 is 0 Å². The molecule has 2 atom stereocenters. The number of imide groups is 1. The first kappa shape index (κ1) is 15.0. The maximum atomic E-state index is 12.3. The molecule has 1 heterocycles. The number of ether oxygens (including phenoxy) is 2. The molecule has 0 saturated carbocycles. The molecule has 112 valence electrons. The molecule has 1 N–H and O–H groups in total. The van der Waals surface area contributed by atoms with Crippen LogP contribution in [-0.4, -0.2) is 31.0 Å². The number of hydrogen-bond donors (Lipinski definition) is 1. The van der Waals surface area contributed by atoms with Gasteiger partial charge < -0.3 is 9.47 Å². The van der Waals surface area contributed by atoms with Crippen molar-refractivity contribution in [3.8, 4) is 5.75 Å².